The highest BCUT2D eigenvalue weighted by molar-refractivity contribution is 7.16. The van der Waals surface area contributed by atoms with Crippen molar-refractivity contribution in [1.29, 1.82) is 0 Å². The van der Waals surface area contributed by atoms with Gasteiger partial charge in [0.2, 0.25) is 0 Å². The lowest BCUT2D eigenvalue weighted by molar-refractivity contribution is -0.137. The summed E-state index contributed by atoms with van der Waals surface area (Å²) in [6.45, 7) is -0.141. The average molecular weight is 342 g/mol. The molecule has 0 bridgehead atoms. The number of aliphatic carboxylic acids is 1. The smallest absolute Gasteiger partial charge is 0.323 e. The molecule has 0 radical (unpaired) electrons. The average Bonchev–Trinajstić information content (AvgIpc) is 3.25. The Balaban J connectivity index is 1.81. The molecule has 1 amide bonds. The Bertz CT molecular complexity index is 827. The summed E-state index contributed by atoms with van der Waals surface area (Å²) in [6, 6.07) is 11.0. The van der Waals surface area contributed by atoms with Gasteiger partial charge >= 0.3 is 5.97 Å². The van der Waals surface area contributed by atoms with Crippen molar-refractivity contribution < 1.29 is 19.1 Å². The van der Waals surface area contributed by atoms with E-state index in [1.54, 1.807) is 12.3 Å². The van der Waals surface area contributed by atoms with E-state index in [1.807, 2.05) is 30.3 Å². The van der Waals surface area contributed by atoms with E-state index in [9.17, 15) is 9.59 Å². The molecule has 2 aromatic heterocycles. The van der Waals surface area contributed by atoms with Crippen LogP contribution in [0.5, 0.6) is 0 Å². The molecule has 0 aliphatic heterocycles. The van der Waals surface area contributed by atoms with Crippen LogP contribution in [0, 0.1) is 0 Å². The third kappa shape index (κ3) is 3.69. The molecule has 0 saturated heterocycles. The SMILES string of the molecule is O=C(O)CN(Cc1ccccc1)C(=O)c1cnc(-c2ccoc2)s1. The second-order valence-corrected chi connectivity index (χ2v) is 6.11. The number of carboxylic acid groups (broad SMARTS) is 1. The van der Waals surface area contributed by atoms with Crippen LogP contribution in [-0.4, -0.2) is 33.4 Å². The Kier molecular flexibility index (Phi) is 4.72. The molecule has 0 aliphatic carbocycles. The number of amides is 1. The molecule has 3 rings (SSSR count). The Hall–Kier alpha value is -2.93. The van der Waals surface area contributed by atoms with Crippen molar-refractivity contribution in [2.75, 3.05) is 6.54 Å². The van der Waals surface area contributed by atoms with Gasteiger partial charge in [0.25, 0.3) is 5.91 Å². The first-order chi connectivity index (χ1) is 11.6. The van der Waals surface area contributed by atoms with Crippen LogP contribution in [0.3, 0.4) is 0 Å². The summed E-state index contributed by atoms with van der Waals surface area (Å²) in [5.74, 6) is -1.41. The van der Waals surface area contributed by atoms with Crippen molar-refractivity contribution in [3.8, 4) is 10.6 Å². The fourth-order valence-corrected chi connectivity index (χ4v) is 3.08. The predicted octanol–water partition coefficient (Wildman–Crippen LogP) is 3.13. The molecule has 2 heterocycles. The number of hydrogen-bond donors (Lipinski definition) is 1. The highest BCUT2D eigenvalue weighted by atomic mass is 32.1. The Morgan fingerprint density at radius 1 is 1.21 bits per heavy atom. The molecule has 3 aromatic rings. The molecule has 1 N–H and O–H groups in total. The number of thiazole rings is 1. The molecule has 0 unspecified atom stereocenters. The Morgan fingerprint density at radius 3 is 2.67 bits per heavy atom. The molecule has 0 aliphatic rings. The summed E-state index contributed by atoms with van der Waals surface area (Å²) in [7, 11) is 0. The van der Waals surface area contributed by atoms with E-state index < -0.39 is 5.97 Å². The molecule has 24 heavy (non-hydrogen) atoms. The molecule has 122 valence electrons. The van der Waals surface area contributed by atoms with Crippen LogP contribution < -0.4 is 0 Å². The van der Waals surface area contributed by atoms with Gasteiger partial charge in [0.05, 0.1) is 12.5 Å². The lowest BCUT2D eigenvalue weighted by Crippen LogP contribution is -2.34. The third-order valence-corrected chi connectivity index (χ3v) is 4.35. The van der Waals surface area contributed by atoms with E-state index in [0.29, 0.717) is 9.88 Å². The monoisotopic (exact) mass is 342 g/mol. The number of nitrogens with zero attached hydrogens (tertiary/aromatic N) is 2. The number of rotatable bonds is 6. The van der Waals surface area contributed by atoms with Gasteiger partial charge in [-0.05, 0) is 11.6 Å². The van der Waals surface area contributed by atoms with Gasteiger partial charge in [-0.1, -0.05) is 30.3 Å². The van der Waals surface area contributed by atoms with Gasteiger partial charge in [0, 0.05) is 12.1 Å². The molecule has 7 heteroatoms. The largest absolute Gasteiger partial charge is 0.480 e. The standard InChI is InChI=1S/C17H14N2O4S/c20-15(21)10-19(9-12-4-2-1-3-5-12)17(22)14-8-18-16(24-14)13-6-7-23-11-13/h1-8,11H,9-10H2,(H,20,21). The summed E-state index contributed by atoms with van der Waals surface area (Å²) < 4.78 is 5.01. The highest BCUT2D eigenvalue weighted by Gasteiger charge is 2.21. The number of carboxylic acids is 1. The second-order valence-electron chi connectivity index (χ2n) is 5.08. The number of carbonyl (C=O) groups is 2. The van der Waals surface area contributed by atoms with Crippen molar-refractivity contribution in [1.82, 2.24) is 9.88 Å². The topological polar surface area (TPSA) is 83.6 Å². The van der Waals surface area contributed by atoms with Crippen molar-refractivity contribution >= 4 is 23.2 Å². The van der Waals surface area contributed by atoms with Gasteiger partial charge in [-0.3, -0.25) is 9.59 Å². The van der Waals surface area contributed by atoms with E-state index in [-0.39, 0.29) is 19.0 Å². The number of carbonyl (C=O) groups excluding carboxylic acids is 1. The van der Waals surface area contributed by atoms with Gasteiger partial charge in [-0.15, -0.1) is 11.3 Å². The third-order valence-electron chi connectivity index (χ3n) is 3.31. The lowest BCUT2D eigenvalue weighted by atomic mass is 10.2. The number of furan rings is 1. The summed E-state index contributed by atoms with van der Waals surface area (Å²) >= 11 is 1.21. The van der Waals surface area contributed by atoms with Gasteiger partial charge < -0.3 is 14.4 Å². The Morgan fingerprint density at radius 2 is 2.00 bits per heavy atom. The first-order valence-corrected chi connectivity index (χ1v) is 7.98. The normalized spacial score (nSPS) is 10.5. The van der Waals surface area contributed by atoms with Crippen molar-refractivity contribution in [3.05, 3.63) is 65.6 Å². The summed E-state index contributed by atoms with van der Waals surface area (Å²) in [4.78, 5) is 29.7. The zero-order valence-electron chi connectivity index (χ0n) is 12.6. The van der Waals surface area contributed by atoms with Crippen LogP contribution >= 0.6 is 11.3 Å². The first-order valence-electron chi connectivity index (χ1n) is 7.17. The summed E-state index contributed by atoms with van der Waals surface area (Å²) in [5, 5.41) is 9.75. The maximum atomic E-state index is 12.7. The van der Waals surface area contributed by atoms with Gasteiger partial charge in [0.15, 0.2) is 0 Å². The molecule has 0 fully saturated rings. The predicted molar refractivity (Wildman–Crippen MR) is 88.6 cm³/mol. The molecular formula is C17H14N2O4S. The molecule has 0 saturated carbocycles. The van der Waals surface area contributed by atoms with Crippen LogP contribution in [0.15, 0.2) is 59.5 Å². The number of benzene rings is 1. The van der Waals surface area contributed by atoms with E-state index >= 15 is 0 Å². The molecule has 1 aromatic carbocycles. The minimum absolute atomic E-state index is 0.227. The van der Waals surface area contributed by atoms with Crippen LogP contribution in [0.2, 0.25) is 0 Å². The molecule has 0 atom stereocenters. The van der Waals surface area contributed by atoms with Gasteiger partial charge in [0.1, 0.15) is 22.7 Å². The van der Waals surface area contributed by atoms with Gasteiger partial charge in [-0.25, -0.2) is 4.98 Å². The maximum Gasteiger partial charge on any atom is 0.323 e. The lowest BCUT2D eigenvalue weighted by Gasteiger charge is -2.19. The quantitative estimate of drug-likeness (QED) is 0.744. The zero-order chi connectivity index (χ0) is 16.9. The van der Waals surface area contributed by atoms with Crippen molar-refractivity contribution in [3.63, 3.8) is 0 Å². The molecule has 0 spiro atoms. The van der Waals surface area contributed by atoms with Crippen molar-refractivity contribution in [2.24, 2.45) is 0 Å². The maximum absolute atomic E-state index is 12.7. The van der Waals surface area contributed by atoms with E-state index in [1.165, 1.54) is 28.7 Å². The molecular weight excluding hydrogens is 328 g/mol. The second kappa shape index (κ2) is 7.10. The minimum Gasteiger partial charge on any atom is -0.480 e. The van der Waals surface area contributed by atoms with E-state index in [4.69, 9.17) is 9.52 Å². The van der Waals surface area contributed by atoms with E-state index in [2.05, 4.69) is 4.98 Å². The minimum atomic E-state index is -1.06. The highest BCUT2D eigenvalue weighted by Crippen LogP contribution is 2.26. The fourth-order valence-electron chi connectivity index (χ4n) is 2.22. The van der Waals surface area contributed by atoms with Crippen molar-refractivity contribution in [2.45, 2.75) is 6.54 Å². The summed E-state index contributed by atoms with van der Waals surface area (Å²) in [5.41, 5.74) is 1.65. The van der Waals surface area contributed by atoms with Crippen LogP contribution in [-0.2, 0) is 11.3 Å². The van der Waals surface area contributed by atoms with Crippen LogP contribution in [0.4, 0.5) is 0 Å². The first kappa shape index (κ1) is 15.9. The van der Waals surface area contributed by atoms with Crippen LogP contribution in [0.25, 0.3) is 10.6 Å². The zero-order valence-corrected chi connectivity index (χ0v) is 13.4. The summed E-state index contributed by atoms with van der Waals surface area (Å²) in [6.07, 6.45) is 4.55. The van der Waals surface area contributed by atoms with E-state index in [0.717, 1.165) is 11.1 Å². The number of aromatic nitrogens is 1. The molecule has 6 nitrogen and oxygen atoms in total. The fraction of sp³-hybridized carbons (Fsp3) is 0.118. The Labute approximate surface area is 142 Å². The van der Waals surface area contributed by atoms with Gasteiger partial charge in [-0.2, -0.15) is 0 Å². The number of hydrogen-bond acceptors (Lipinski definition) is 5. The van der Waals surface area contributed by atoms with Crippen LogP contribution in [0.1, 0.15) is 15.2 Å².